The number of rotatable bonds is 1. The normalized spacial score (nSPS) is 37.0. The van der Waals surface area contributed by atoms with E-state index in [1.54, 1.807) is 0 Å². The fourth-order valence-corrected chi connectivity index (χ4v) is 2.56. The summed E-state index contributed by atoms with van der Waals surface area (Å²) in [6, 6.07) is 2.22. The van der Waals surface area contributed by atoms with E-state index in [4.69, 9.17) is 5.26 Å². The highest BCUT2D eigenvalue weighted by molar-refractivity contribution is 4.91. The lowest BCUT2D eigenvalue weighted by atomic mass is 10.0. The molecule has 1 aliphatic heterocycles. The van der Waals surface area contributed by atoms with Crippen molar-refractivity contribution in [1.29, 1.82) is 5.26 Å². The van der Waals surface area contributed by atoms with Gasteiger partial charge in [-0.1, -0.05) is 6.42 Å². The second kappa shape index (κ2) is 2.83. The van der Waals surface area contributed by atoms with Gasteiger partial charge in [-0.3, -0.25) is 4.90 Å². The summed E-state index contributed by atoms with van der Waals surface area (Å²) >= 11 is 0. The van der Waals surface area contributed by atoms with Crippen molar-refractivity contribution in [3.8, 4) is 6.07 Å². The molecule has 0 radical (unpaired) electrons. The van der Waals surface area contributed by atoms with Crippen LogP contribution in [0.25, 0.3) is 0 Å². The van der Waals surface area contributed by atoms with Crippen LogP contribution >= 0.6 is 0 Å². The van der Waals surface area contributed by atoms with Gasteiger partial charge in [0.2, 0.25) is 0 Å². The molecular formula is C9H14N2. The molecule has 11 heavy (non-hydrogen) atoms. The topological polar surface area (TPSA) is 27.0 Å². The molecule has 2 rings (SSSR count). The highest BCUT2D eigenvalue weighted by Crippen LogP contribution is 2.37. The fraction of sp³-hybridized carbons (Fsp3) is 0.889. The predicted octanol–water partition coefficient (Wildman–Crippen LogP) is 1.24. The van der Waals surface area contributed by atoms with Crippen molar-refractivity contribution in [2.45, 2.75) is 19.3 Å². The lowest BCUT2D eigenvalue weighted by molar-refractivity contribution is 0.347. The maximum absolute atomic E-state index is 8.50. The first-order valence-corrected chi connectivity index (χ1v) is 4.49. The first kappa shape index (κ1) is 7.12. The Morgan fingerprint density at radius 1 is 1.27 bits per heavy atom. The van der Waals surface area contributed by atoms with Crippen molar-refractivity contribution in [3.63, 3.8) is 0 Å². The van der Waals surface area contributed by atoms with E-state index in [9.17, 15) is 0 Å². The van der Waals surface area contributed by atoms with E-state index in [0.717, 1.165) is 11.8 Å². The van der Waals surface area contributed by atoms with Crippen LogP contribution in [0.5, 0.6) is 0 Å². The van der Waals surface area contributed by atoms with Crippen LogP contribution in [-0.4, -0.2) is 24.5 Å². The smallest absolute Gasteiger partial charge is 0.0866 e. The molecule has 1 saturated heterocycles. The summed E-state index contributed by atoms with van der Waals surface area (Å²) in [6.07, 6.45) is 4.24. The van der Waals surface area contributed by atoms with Gasteiger partial charge in [0, 0.05) is 13.1 Å². The maximum Gasteiger partial charge on any atom is 0.0866 e. The standard InChI is InChI=1S/C9H14N2/c10-4-5-11-6-8-2-1-3-9(8)7-11/h8-9H,1-3,5-7H2/t8-,9+. The maximum atomic E-state index is 8.50. The molecule has 60 valence electrons. The molecule has 2 atom stereocenters. The second-order valence-electron chi connectivity index (χ2n) is 3.80. The van der Waals surface area contributed by atoms with E-state index >= 15 is 0 Å². The molecule has 0 N–H and O–H groups in total. The Bertz CT molecular complexity index is 170. The van der Waals surface area contributed by atoms with Gasteiger partial charge in [-0.25, -0.2) is 0 Å². The summed E-state index contributed by atoms with van der Waals surface area (Å²) in [6.45, 7) is 3.03. The summed E-state index contributed by atoms with van der Waals surface area (Å²) in [5, 5.41) is 8.50. The number of hydrogen-bond donors (Lipinski definition) is 0. The van der Waals surface area contributed by atoms with Gasteiger partial charge in [0.05, 0.1) is 12.6 Å². The molecule has 2 fully saturated rings. The molecule has 0 bridgehead atoms. The van der Waals surface area contributed by atoms with Crippen molar-refractivity contribution >= 4 is 0 Å². The van der Waals surface area contributed by atoms with Gasteiger partial charge in [0.25, 0.3) is 0 Å². The molecule has 0 aromatic rings. The first-order valence-electron chi connectivity index (χ1n) is 4.49. The van der Waals surface area contributed by atoms with E-state index in [2.05, 4.69) is 11.0 Å². The van der Waals surface area contributed by atoms with Gasteiger partial charge in [0.15, 0.2) is 0 Å². The summed E-state index contributed by atoms with van der Waals surface area (Å²) in [4.78, 5) is 2.30. The van der Waals surface area contributed by atoms with Crippen LogP contribution in [0, 0.1) is 23.2 Å². The van der Waals surface area contributed by atoms with Crippen LogP contribution in [0.15, 0.2) is 0 Å². The second-order valence-corrected chi connectivity index (χ2v) is 3.80. The monoisotopic (exact) mass is 150 g/mol. The molecule has 2 nitrogen and oxygen atoms in total. The largest absolute Gasteiger partial charge is 0.290 e. The van der Waals surface area contributed by atoms with Crippen LogP contribution in [0.4, 0.5) is 0 Å². The van der Waals surface area contributed by atoms with Crippen LogP contribution in [0.1, 0.15) is 19.3 Å². The first-order chi connectivity index (χ1) is 5.40. The third-order valence-corrected chi connectivity index (χ3v) is 3.10. The molecule has 0 aromatic heterocycles. The minimum absolute atomic E-state index is 0.646. The molecule has 0 spiro atoms. The summed E-state index contributed by atoms with van der Waals surface area (Å²) in [5.41, 5.74) is 0. The van der Waals surface area contributed by atoms with Crippen molar-refractivity contribution in [1.82, 2.24) is 4.90 Å². The predicted molar refractivity (Wildman–Crippen MR) is 42.9 cm³/mol. The SMILES string of the molecule is N#CCN1C[C@H]2CCC[C@H]2C1. The van der Waals surface area contributed by atoms with E-state index in [-0.39, 0.29) is 0 Å². The van der Waals surface area contributed by atoms with Crippen LogP contribution in [-0.2, 0) is 0 Å². The number of nitriles is 1. The van der Waals surface area contributed by atoms with E-state index in [1.165, 1.54) is 32.4 Å². The summed E-state index contributed by atoms with van der Waals surface area (Å²) in [5.74, 6) is 1.87. The Balaban J connectivity index is 1.90. The van der Waals surface area contributed by atoms with Gasteiger partial charge in [-0.05, 0) is 24.7 Å². The molecule has 0 unspecified atom stereocenters. The Morgan fingerprint density at radius 3 is 2.45 bits per heavy atom. The molecule has 1 saturated carbocycles. The zero-order valence-electron chi connectivity index (χ0n) is 6.79. The lowest BCUT2D eigenvalue weighted by Crippen LogP contribution is -2.21. The van der Waals surface area contributed by atoms with Crippen molar-refractivity contribution in [3.05, 3.63) is 0 Å². The highest BCUT2D eigenvalue weighted by Gasteiger charge is 2.35. The van der Waals surface area contributed by atoms with Crippen LogP contribution in [0.3, 0.4) is 0 Å². The summed E-state index contributed by atoms with van der Waals surface area (Å²) in [7, 11) is 0. The molecule has 1 heterocycles. The summed E-state index contributed by atoms with van der Waals surface area (Å²) < 4.78 is 0. The Labute approximate surface area is 67.8 Å². The van der Waals surface area contributed by atoms with Gasteiger partial charge >= 0.3 is 0 Å². The lowest BCUT2D eigenvalue weighted by Gasteiger charge is -2.10. The van der Waals surface area contributed by atoms with Crippen LogP contribution in [0.2, 0.25) is 0 Å². The average Bonchev–Trinajstić information content (AvgIpc) is 2.46. The van der Waals surface area contributed by atoms with Crippen molar-refractivity contribution in [2.24, 2.45) is 11.8 Å². The van der Waals surface area contributed by atoms with E-state index in [1.807, 2.05) is 0 Å². The van der Waals surface area contributed by atoms with Gasteiger partial charge in [-0.15, -0.1) is 0 Å². The number of nitrogens with zero attached hydrogens (tertiary/aromatic N) is 2. The third-order valence-electron chi connectivity index (χ3n) is 3.10. The third kappa shape index (κ3) is 1.25. The molecule has 1 aliphatic carbocycles. The Hall–Kier alpha value is -0.550. The molecule has 0 amide bonds. The highest BCUT2D eigenvalue weighted by atomic mass is 15.2. The molecule has 2 aliphatic rings. The number of fused-ring (bicyclic) bond motifs is 1. The van der Waals surface area contributed by atoms with E-state index < -0.39 is 0 Å². The van der Waals surface area contributed by atoms with Crippen LogP contribution < -0.4 is 0 Å². The Morgan fingerprint density at radius 2 is 1.91 bits per heavy atom. The van der Waals surface area contributed by atoms with E-state index in [0.29, 0.717) is 6.54 Å². The molecular weight excluding hydrogens is 136 g/mol. The van der Waals surface area contributed by atoms with Crippen molar-refractivity contribution in [2.75, 3.05) is 19.6 Å². The van der Waals surface area contributed by atoms with Crippen molar-refractivity contribution < 1.29 is 0 Å². The minimum Gasteiger partial charge on any atom is -0.290 e. The minimum atomic E-state index is 0.646. The quantitative estimate of drug-likeness (QED) is 0.526. The molecule has 0 aromatic carbocycles. The zero-order chi connectivity index (χ0) is 7.68. The van der Waals surface area contributed by atoms with Gasteiger partial charge in [-0.2, -0.15) is 5.26 Å². The fourth-order valence-electron chi connectivity index (χ4n) is 2.56. The number of hydrogen-bond acceptors (Lipinski definition) is 2. The molecule has 2 heteroatoms. The zero-order valence-corrected chi connectivity index (χ0v) is 6.79. The van der Waals surface area contributed by atoms with Gasteiger partial charge < -0.3 is 0 Å². The van der Waals surface area contributed by atoms with Gasteiger partial charge in [0.1, 0.15) is 0 Å². The average molecular weight is 150 g/mol. The Kier molecular flexibility index (Phi) is 1.83. The number of likely N-dealkylation sites (tertiary alicyclic amines) is 1.